The van der Waals surface area contributed by atoms with Crippen molar-refractivity contribution < 1.29 is 0 Å². The van der Waals surface area contributed by atoms with Gasteiger partial charge in [0, 0.05) is 0 Å². The summed E-state index contributed by atoms with van der Waals surface area (Å²) in [6.07, 6.45) is 28.1. The Kier molecular flexibility index (Phi) is 3.10. The van der Waals surface area contributed by atoms with E-state index < -0.39 is 21.8 Å². The van der Waals surface area contributed by atoms with Gasteiger partial charge in [-0.15, -0.1) is 0 Å². The minimum atomic E-state index is -2.07. The predicted octanol–water partition coefficient (Wildman–Crippen LogP) is 5.14. The first-order chi connectivity index (χ1) is 8.99. The zero-order valence-electron chi connectivity index (χ0n) is 11.9. The average Bonchev–Trinajstić information content (AvgIpc) is 3.03. The molecule has 0 spiro atoms. The molecule has 0 aromatic heterocycles. The first-order valence-corrected chi connectivity index (χ1v) is 12.1. The molecule has 0 radical (unpaired) electrons. The molecule has 0 bridgehead atoms. The van der Waals surface area contributed by atoms with E-state index in [0.717, 1.165) is 0 Å². The Hall–Kier alpha value is -0.677. The van der Waals surface area contributed by atoms with Gasteiger partial charge < -0.3 is 0 Å². The van der Waals surface area contributed by atoms with Crippen LogP contribution in [0.2, 0.25) is 9.37 Å². The van der Waals surface area contributed by atoms with Gasteiger partial charge in [0.25, 0.3) is 0 Å². The topological polar surface area (TPSA) is 0 Å². The number of hydrogen-bond donors (Lipinski definition) is 0. The summed E-state index contributed by atoms with van der Waals surface area (Å²) in [5.74, 6) is 0. The molecular formula is C18H21Bi. The molecule has 0 atom stereocenters. The maximum absolute atomic E-state index is 2.45. The van der Waals surface area contributed by atoms with Gasteiger partial charge in [-0.25, -0.2) is 0 Å². The molecule has 0 nitrogen and oxygen atoms in total. The monoisotopic (exact) mass is 446 g/mol. The van der Waals surface area contributed by atoms with Crippen LogP contribution in [0.1, 0.15) is 20.8 Å². The van der Waals surface area contributed by atoms with E-state index >= 15 is 0 Å². The second-order valence-corrected chi connectivity index (χ2v) is 20.0. The fraction of sp³-hybridized carbons (Fsp3) is 0.333. The molecular weight excluding hydrogens is 425 g/mol. The van der Waals surface area contributed by atoms with E-state index in [1.807, 2.05) is 0 Å². The van der Waals surface area contributed by atoms with E-state index in [4.69, 9.17) is 0 Å². The minimum absolute atomic E-state index is 0.302. The van der Waals surface area contributed by atoms with Crippen molar-refractivity contribution >= 4 is 21.8 Å². The quantitative estimate of drug-likeness (QED) is 0.527. The van der Waals surface area contributed by atoms with Crippen molar-refractivity contribution in [1.82, 2.24) is 0 Å². The van der Waals surface area contributed by atoms with Crippen molar-refractivity contribution in [3.05, 3.63) is 72.9 Å². The van der Waals surface area contributed by atoms with Gasteiger partial charge in [-0.05, 0) is 0 Å². The molecule has 0 aliphatic heterocycles. The zero-order chi connectivity index (χ0) is 13.6. The van der Waals surface area contributed by atoms with Crippen molar-refractivity contribution in [2.75, 3.05) is 0 Å². The van der Waals surface area contributed by atoms with E-state index in [0.29, 0.717) is 9.37 Å². The summed E-state index contributed by atoms with van der Waals surface area (Å²) in [6, 6.07) is 0. The molecule has 3 aliphatic carbocycles. The normalized spacial score (nSPS) is 27.2. The average molecular weight is 446 g/mol. The van der Waals surface area contributed by atoms with E-state index in [2.05, 4.69) is 93.7 Å². The van der Waals surface area contributed by atoms with Gasteiger partial charge >= 0.3 is 125 Å². The second kappa shape index (κ2) is 4.42. The molecule has 0 fully saturated rings. The van der Waals surface area contributed by atoms with Gasteiger partial charge in [0.15, 0.2) is 0 Å². The van der Waals surface area contributed by atoms with E-state index in [9.17, 15) is 0 Å². The Labute approximate surface area is 124 Å². The Balaban J connectivity index is 2.12. The molecule has 3 rings (SSSR count). The fourth-order valence-electron chi connectivity index (χ4n) is 3.67. The van der Waals surface area contributed by atoms with Crippen LogP contribution >= 0.6 is 0 Å². The van der Waals surface area contributed by atoms with E-state index in [1.165, 1.54) is 0 Å². The molecule has 0 saturated carbocycles. The van der Waals surface area contributed by atoms with Crippen molar-refractivity contribution in [1.29, 1.82) is 0 Å². The van der Waals surface area contributed by atoms with Gasteiger partial charge in [-0.2, -0.15) is 0 Å². The molecule has 19 heavy (non-hydrogen) atoms. The molecule has 0 heterocycles. The Morgan fingerprint density at radius 3 is 0.895 bits per heavy atom. The van der Waals surface area contributed by atoms with Crippen molar-refractivity contribution in [3.8, 4) is 0 Å². The molecule has 1 heteroatoms. The van der Waals surface area contributed by atoms with Crippen LogP contribution in [0.5, 0.6) is 0 Å². The third-order valence-corrected chi connectivity index (χ3v) is 19.1. The van der Waals surface area contributed by atoms with Crippen molar-refractivity contribution in [2.24, 2.45) is 0 Å². The standard InChI is InChI=1S/3C6H7.Bi/c3*1-6-4-2-3-5-6;/h3*2-5H,1H3;. The summed E-state index contributed by atoms with van der Waals surface area (Å²) in [6.45, 7) is 7.34. The number of allylic oxidation sites excluding steroid dienone is 12. The molecule has 3 aliphatic rings. The number of rotatable bonds is 3. The van der Waals surface area contributed by atoms with Crippen LogP contribution in [0.25, 0.3) is 0 Å². The van der Waals surface area contributed by atoms with Crippen molar-refractivity contribution in [3.63, 3.8) is 0 Å². The van der Waals surface area contributed by atoms with E-state index in [1.54, 1.807) is 0 Å². The van der Waals surface area contributed by atoms with Crippen LogP contribution in [0.4, 0.5) is 0 Å². The molecule has 0 amide bonds. The first-order valence-electron chi connectivity index (χ1n) is 6.90. The summed E-state index contributed by atoms with van der Waals surface area (Å²) in [5.41, 5.74) is 0. The third-order valence-electron chi connectivity index (χ3n) is 4.38. The molecule has 0 saturated heterocycles. The summed E-state index contributed by atoms with van der Waals surface area (Å²) < 4.78 is 0.907. The summed E-state index contributed by atoms with van der Waals surface area (Å²) in [4.78, 5) is 0. The maximum atomic E-state index is 2.45. The fourth-order valence-corrected chi connectivity index (χ4v) is 21.3. The van der Waals surface area contributed by atoms with Gasteiger partial charge in [0.05, 0.1) is 0 Å². The van der Waals surface area contributed by atoms with Crippen LogP contribution in [0, 0.1) is 0 Å². The Morgan fingerprint density at radius 2 is 0.684 bits per heavy atom. The SMILES string of the molecule is C[C]1([Bi]([C]2(C)C=CC=C2)[C]2(C)C=CC=C2)C=CC=C1. The van der Waals surface area contributed by atoms with Gasteiger partial charge in [-0.3, -0.25) is 0 Å². The molecule has 0 aromatic carbocycles. The van der Waals surface area contributed by atoms with Crippen LogP contribution in [0.15, 0.2) is 72.9 Å². The van der Waals surface area contributed by atoms with Crippen molar-refractivity contribution in [2.45, 2.75) is 30.1 Å². The summed E-state index contributed by atoms with van der Waals surface area (Å²) >= 11 is -2.07. The van der Waals surface area contributed by atoms with Gasteiger partial charge in [-0.1, -0.05) is 0 Å². The molecule has 0 N–H and O–H groups in total. The Bertz CT molecular complexity index is 437. The number of hydrogen-bond acceptors (Lipinski definition) is 0. The second-order valence-electron chi connectivity index (χ2n) is 6.17. The molecule has 0 aromatic rings. The summed E-state index contributed by atoms with van der Waals surface area (Å²) in [7, 11) is 0. The van der Waals surface area contributed by atoms with Crippen LogP contribution in [0.3, 0.4) is 0 Å². The summed E-state index contributed by atoms with van der Waals surface area (Å²) in [5, 5.41) is 0. The van der Waals surface area contributed by atoms with Crippen LogP contribution < -0.4 is 0 Å². The first kappa shape index (κ1) is 13.3. The van der Waals surface area contributed by atoms with Gasteiger partial charge in [0.2, 0.25) is 0 Å². The van der Waals surface area contributed by atoms with Gasteiger partial charge in [0.1, 0.15) is 0 Å². The van der Waals surface area contributed by atoms with E-state index in [-0.39, 0.29) is 0 Å². The molecule has 98 valence electrons. The van der Waals surface area contributed by atoms with Crippen LogP contribution in [-0.2, 0) is 0 Å². The zero-order valence-corrected chi connectivity index (χ0v) is 15.4. The van der Waals surface area contributed by atoms with Crippen LogP contribution in [-0.4, -0.2) is 21.8 Å². The third kappa shape index (κ3) is 2.07. The molecule has 0 unspecified atom stereocenters. The Morgan fingerprint density at radius 1 is 0.474 bits per heavy atom. The predicted molar refractivity (Wildman–Crippen MR) is 85.7 cm³/mol.